The molecule has 1 aromatic rings. The predicted octanol–water partition coefficient (Wildman–Crippen LogP) is 2.45. The van der Waals surface area contributed by atoms with E-state index in [-0.39, 0.29) is 6.42 Å². The van der Waals surface area contributed by atoms with Gasteiger partial charge >= 0.3 is 0 Å². The van der Waals surface area contributed by atoms with E-state index in [0.29, 0.717) is 15.7 Å². The number of nitrogens with zero attached hydrogens (tertiary/aromatic N) is 2. The molecular weight excluding hydrogens is 183 g/mol. The average molecular weight is 187 g/mol. The van der Waals surface area contributed by atoms with Crippen LogP contribution in [0.4, 0.5) is 0 Å². The number of hydrogen-bond acceptors (Lipinski definition) is 2. The van der Waals surface area contributed by atoms with Crippen molar-refractivity contribution in [3.8, 4) is 6.07 Å². The van der Waals surface area contributed by atoms with Crippen LogP contribution in [0.3, 0.4) is 0 Å². The Balaban J connectivity index is 3.12. The number of nitriles is 1. The molecular formula is C7H4Cl2N2. The fraction of sp³-hybridized carbons (Fsp3) is 0.143. The molecule has 4 heteroatoms. The Bertz CT molecular complexity index is 284. The summed E-state index contributed by atoms with van der Waals surface area (Å²) in [4.78, 5) is 3.79. The molecule has 0 spiro atoms. The van der Waals surface area contributed by atoms with E-state index in [0.717, 1.165) is 0 Å². The molecule has 0 amide bonds. The van der Waals surface area contributed by atoms with Gasteiger partial charge in [0.2, 0.25) is 0 Å². The van der Waals surface area contributed by atoms with Crippen LogP contribution in [0, 0.1) is 11.3 Å². The maximum Gasteiger partial charge on any atom is 0.134 e. The second kappa shape index (κ2) is 3.56. The van der Waals surface area contributed by atoms with E-state index in [4.69, 9.17) is 28.5 Å². The van der Waals surface area contributed by atoms with Gasteiger partial charge in [0.1, 0.15) is 5.15 Å². The first kappa shape index (κ1) is 8.32. The molecule has 0 aromatic carbocycles. The second-order valence-electron chi connectivity index (χ2n) is 1.90. The molecule has 0 saturated heterocycles. The molecule has 0 unspecified atom stereocenters. The molecule has 56 valence electrons. The lowest BCUT2D eigenvalue weighted by Crippen LogP contribution is -1.87. The lowest BCUT2D eigenvalue weighted by Gasteiger charge is -1.98. The lowest BCUT2D eigenvalue weighted by atomic mass is 10.2. The van der Waals surface area contributed by atoms with Crippen LogP contribution in [0.5, 0.6) is 0 Å². The van der Waals surface area contributed by atoms with E-state index in [9.17, 15) is 0 Å². The highest BCUT2D eigenvalue weighted by atomic mass is 35.5. The van der Waals surface area contributed by atoms with Gasteiger partial charge in [-0.15, -0.1) is 0 Å². The van der Waals surface area contributed by atoms with E-state index >= 15 is 0 Å². The predicted molar refractivity (Wildman–Crippen MR) is 43.6 cm³/mol. The molecule has 1 heterocycles. The Hall–Kier alpha value is -0.780. The summed E-state index contributed by atoms with van der Waals surface area (Å²) in [7, 11) is 0. The standard InChI is InChI=1S/C7H4Cl2N2/c8-6-2-4-11-7(9)5(6)1-3-10/h2,4H,1H2. The van der Waals surface area contributed by atoms with Crippen LogP contribution < -0.4 is 0 Å². The van der Waals surface area contributed by atoms with Crippen LogP contribution in [-0.4, -0.2) is 4.98 Å². The van der Waals surface area contributed by atoms with Crippen LogP contribution in [-0.2, 0) is 6.42 Å². The normalized spacial score (nSPS) is 9.18. The minimum atomic E-state index is 0.200. The number of pyridine rings is 1. The maximum absolute atomic E-state index is 8.37. The third-order valence-electron chi connectivity index (χ3n) is 1.20. The van der Waals surface area contributed by atoms with Crippen LogP contribution >= 0.6 is 23.2 Å². The summed E-state index contributed by atoms with van der Waals surface area (Å²) in [5, 5.41) is 9.17. The fourth-order valence-electron chi connectivity index (χ4n) is 0.682. The highest BCUT2D eigenvalue weighted by molar-refractivity contribution is 6.35. The monoisotopic (exact) mass is 186 g/mol. The minimum absolute atomic E-state index is 0.200. The van der Waals surface area contributed by atoms with Crippen molar-refractivity contribution < 1.29 is 0 Å². The van der Waals surface area contributed by atoms with E-state index in [1.54, 1.807) is 6.07 Å². The van der Waals surface area contributed by atoms with Crippen molar-refractivity contribution in [1.82, 2.24) is 4.98 Å². The van der Waals surface area contributed by atoms with Gasteiger partial charge in [0.15, 0.2) is 0 Å². The van der Waals surface area contributed by atoms with Gasteiger partial charge < -0.3 is 0 Å². The molecule has 0 atom stereocenters. The Labute approximate surface area is 74.4 Å². The van der Waals surface area contributed by atoms with Crippen molar-refractivity contribution in [1.29, 1.82) is 5.26 Å². The molecule has 0 bridgehead atoms. The highest BCUT2D eigenvalue weighted by Crippen LogP contribution is 2.21. The summed E-state index contributed by atoms with van der Waals surface area (Å²) < 4.78 is 0. The van der Waals surface area contributed by atoms with Gasteiger partial charge in [-0.05, 0) is 6.07 Å². The number of hydrogen-bond donors (Lipinski definition) is 0. The smallest absolute Gasteiger partial charge is 0.134 e. The topological polar surface area (TPSA) is 36.7 Å². The number of rotatable bonds is 1. The molecule has 0 aliphatic heterocycles. The minimum Gasteiger partial charge on any atom is -0.244 e. The van der Waals surface area contributed by atoms with Crippen molar-refractivity contribution in [3.05, 3.63) is 28.0 Å². The zero-order valence-corrected chi connectivity index (χ0v) is 7.02. The van der Waals surface area contributed by atoms with E-state index in [1.807, 2.05) is 6.07 Å². The van der Waals surface area contributed by atoms with E-state index in [1.165, 1.54) is 6.20 Å². The number of aromatic nitrogens is 1. The van der Waals surface area contributed by atoms with Crippen LogP contribution in [0.2, 0.25) is 10.2 Å². The van der Waals surface area contributed by atoms with Gasteiger partial charge in [-0.2, -0.15) is 5.26 Å². The molecule has 1 rings (SSSR count). The van der Waals surface area contributed by atoms with Gasteiger partial charge in [-0.25, -0.2) is 4.98 Å². The molecule has 0 radical (unpaired) electrons. The zero-order valence-electron chi connectivity index (χ0n) is 5.51. The van der Waals surface area contributed by atoms with Gasteiger partial charge in [0.25, 0.3) is 0 Å². The zero-order chi connectivity index (χ0) is 8.27. The molecule has 0 saturated carbocycles. The largest absolute Gasteiger partial charge is 0.244 e. The Morgan fingerprint density at radius 2 is 2.27 bits per heavy atom. The van der Waals surface area contributed by atoms with Crippen LogP contribution in [0.1, 0.15) is 5.56 Å². The summed E-state index contributed by atoms with van der Waals surface area (Å²) in [5.74, 6) is 0. The fourth-order valence-corrected chi connectivity index (χ4v) is 1.17. The molecule has 0 aliphatic carbocycles. The van der Waals surface area contributed by atoms with E-state index < -0.39 is 0 Å². The van der Waals surface area contributed by atoms with Gasteiger partial charge in [-0.1, -0.05) is 23.2 Å². The SMILES string of the molecule is N#CCc1c(Cl)ccnc1Cl. The van der Waals surface area contributed by atoms with E-state index in [2.05, 4.69) is 4.98 Å². The first-order valence-electron chi connectivity index (χ1n) is 2.91. The Morgan fingerprint density at radius 1 is 1.55 bits per heavy atom. The van der Waals surface area contributed by atoms with Gasteiger partial charge in [-0.3, -0.25) is 0 Å². The average Bonchev–Trinajstić information content (AvgIpc) is 1.97. The van der Waals surface area contributed by atoms with Crippen LogP contribution in [0.15, 0.2) is 12.3 Å². The summed E-state index contributed by atoms with van der Waals surface area (Å²) in [6.45, 7) is 0. The van der Waals surface area contributed by atoms with Crippen molar-refractivity contribution >= 4 is 23.2 Å². The van der Waals surface area contributed by atoms with Crippen molar-refractivity contribution in [3.63, 3.8) is 0 Å². The molecule has 0 N–H and O–H groups in total. The molecule has 0 fully saturated rings. The van der Waals surface area contributed by atoms with Crippen LogP contribution in [0.25, 0.3) is 0 Å². The van der Waals surface area contributed by atoms with Crippen molar-refractivity contribution in [2.24, 2.45) is 0 Å². The van der Waals surface area contributed by atoms with Gasteiger partial charge in [0.05, 0.1) is 12.5 Å². The number of halogens is 2. The third kappa shape index (κ3) is 1.83. The highest BCUT2D eigenvalue weighted by Gasteiger charge is 2.04. The summed E-state index contributed by atoms with van der Waals surface area (Å²) >= 11 is 11.4. The maximum atomic E-state index is 8.37. The molecule has 2 nitrogen and oxygen atoms in total. The quantitative estimate of drug-likeness (QED) is 0.633. The summed E-state index contributed by atoms with van der Waals surface area (Å²) in [5.41, 5.74) is 0.596. The van der Waals surface area contributed by atoms with Gasteiger partial charge in [0, 0.05) is 16.8 Å². The summed E-state index contributed by atoms with van der Waals surface area (Å²) in [6, 6.07) is 3.57. The summed E-state index contributed by atoms with van der Waals surface area (Å²) in [6.07, 6.45) is 1.71. The molecule has 1 aromatic heterocycles. The molecule has 11 heavy (non-hydrogen) atoms. The first-order valence-corrected chi connectivity index (χ1v) is 3.67. The lowest BCUT2D eigenvalue weighted by molar-refractivity contribution is 1.19. The Kier molecular flexibility index (Phi) is 2.70. The van der Waals surface area contributed by atoms with Crippen molar-refractivity contribution in [2.45, 2.75) is 6.42 Å². The third-order valence-corrected chi connectivity index (χ3v) is 1.88. The second-order valence-corrected chi connectivity index (χ2v) is 2.66. The first-order chi connectivity index (χ1) is 5.25. The Morgan fingerprint density at radius 3 is 2.82 bits per heavy atom. The van der Waals surface area contributed by atoms with Crippen molar-refractivity contribution in [2.75, 3.05) is 0 Å². The molecule has 0 aliphatic rings.